The Labute approximate surface area is 159 Å². The SMILES string of the molecule is Cc1nc2c(C(=O)NC3CCC(=O)NC3=O)cc(OCC(=O)O)cc2[nH]1.Cl. The van der Waals surface area contributed by atoms with Crippen molar-refractivity contribution in [3.05, 3.63) is 23.5 Å². The molecule has 1 aromatic heterocycles. The molecule has 0 saturated carbocycles. The zero-order chi connectivity index (χ0) is 18.8. The lowest BCUT2D eigenvalue weighted by Gasteiger charge is -2.22. The van der Waals surface area contributed by atoms with Crippen LogP contribution in [0.1, 0.15) is 29.0 Å². The van der Waals surface area contributed by atoms with Crippen molar-refractivity contribution in [3.63, 3.8) is 0 Å². The second kappa shape index (κ2) is 8.04. The smallest absolute Gasteiger partial charge is 0.341 e. The summed E-state index contributed by atoms with van der Waals surface area (Å²) in [4.78, 5) is 53.6. The first-order chi connectivity index (χ1) is 12.3. The summed E-state index contributed by atoms with van der Waals surface area (Å²) < 4.78 is 5.15. The van der Waals surface area contributed by atoms with Crippen LogP contribution in [-0.2, 0) is 14.4 Å². The molecule has 1 unspecified atom stereocenters. The third-order valence-electron chi connectivity index (χ3n) is 3.83. The molecule has 11 heteroatoms. The number of halogens is 1. The molecule has 27 heavy (non-hydrogen) atoms. The number of aromatic amines is 1. The normalized spacial score (nSPS) is 16.4. The average Bonchev–Trinajstić information content (AvgIpc) is 2.94. The fourth-order valence-corrected chi connectivity index (χ4v) is 2.68. The summed E-state index contributed by atoms with van der Waals surface area (Å²) in [6.45, 7) is 1.15. The predicted octanol–water partition coefficient (Wildman–Crippen LogP) is 0.292. The van der Waals surface area contributed by atoms with Gasteiger partial charge in [-0.2, -0.15) is 0 Å². The molecule has 1 fully saturated rings. The molecule has 1 atom stereocenters. The second-order valence-electron chi connectivity index (χ2n) is 5.85. The van der Waals surface area contributed by atoms with E-state index in [0.717, 1.165) is 0 Å². The van der Waals surface area contributed by atoms with Gasteiger partial charge in [0.15, 0.2) is 6.61 Å². The molecule has 0 aliphatic carbocycles. The topological polar surface area (TPSA) is 150 Å². The fourth-order valence-electron chi connectivity index (χ4n) is 2.68. The van der Waals surface area contributed by atoms with E-state index in [1.54, 1.807) is 13.0 Å². The van der Waals surface area contributed by atoms with Gasteiger partial charge in [0.25, 0.3) is 5.91 Å². The molecule has 2 heterocycles. The number of carbonyl (C=O) groups is 4. The van der Waals surface area contributed by atoms with Gasteiger partial charge in [0.2, 0.25) is 11.8 Å². The third kappa shape index (κ3) is 4.53. The van der Waals surface area contributed by atoms with Gasteiger partial charge in [-0.1, -0.05) is 0 Å². The van der Waals surface area contributed by atoms with Crippen LogP contribution in [0.4, 0.5) is 0 Å². The quantitative estimate of drug-likeness (QED) is 0.530. The minimum atomic E-state index is -1.15. The highest BCUT2D eigenvalue weighted by atomic mass is 35.5. The average molecular weight is 397 g/mol. The summed E-state index contributed by atoms with van der Waals surface area (Å²) in [7, 11) is 0. The van der Waals surface area contributed by atoms with E-state index in [-0.39, 0.29) is 42.5 Å². The van der Waals surface area contributed by atoms with Gasteiger partial charge in [-0.25, -0.2) is 9.78 Å². The van der Waals surface area contributed by atoms with Crippen LogP contribution >= 0.6 is 12.4 Å². The molecule has 4 N–H and O–H groups in total. The van der Waals surface area contributed by atoms with Gasteiger partial charge in [-0.3, -0.25) is 19.7 Å². The number of rotatable bonds is 5. The lowest BCUT2D eigenvalue weighted by molar-refractivity contribution is -0.139. The van der Waals surface area contributed by atoms with Crippen LogP contribution < -0.4 is 15.4 Å². The van der Waals surface area contributed by atoms with Gasteiger partial charge in [0.1, 0.15) is 23.1 Å². The highest BCUT2D eigenvalue weighted by Gasteiger charge is 2.29. The molecule has 1 saturated heterocycles. The Bertz CT molecular complexity index is 925. The number of imide groups is 1. The number of aliphatic carboxylic acids is 1. The maximum Gasteiger partial charge on any atom is 0.341 e. The highest BCUT2D eigenvalue weighted by molar-refractivity contribution is 6.08. The van der Waals surface area contributed by atoms with Gasteiger partial charge in [0.05, 0.1) is 11.1 Å². The number of hydrogen-bond donors (Lipinski definition) is 4. The van der Waals surface area contributed by atoms with Gasteiger partial charge in [-0.15, -0.1) is 12.4 Å². The van der Waals surface area contributed by atoms with Crippen LogP contribution in [0, 0.1) is 6.92 Å². The Morgan fingerprint density at radius 1 is 1.37 bits per heavy atom. The number of carboxylic acid groups (broad SMARTS) is 1. The van der Waals surface area contributed by atoms with Crippen molar-refractivity contribution in [1.82, 2.24) is 20.6 Å². The van der Waals surface area contributed by atoms with Gasteiger partial charge >= 0.3 is 5.97 Å². The molecule has 1 aliphatic rings. The summed E-state index contributed by atoms with van der Waals surface area (Å²) >= 11 is 0. The molecule has 1 aromatic carbocycles. The lowest BCUT2D eigenvalue weighted by Crippen LogP contribution is -2.52. The maximum absolute atomic E-state index is 12.7. The van der Waals surface area contributed by atoms with E-state index in [0.29, 0.717) is 16.9 Å². The summed E-state index contributed by atoms with van der Waals surface area (Å²) in [6, 6.07) is 2.08. The predicted molar refractivity (Wildman–Crippen MR) is 94.8 cm³/mol. The summed E-state index contributed by atoms with van der Waals surface area (Å²) in [5, 5.41) is 13.5. The van der Waals surface area contributed by atoms with Crippen LogP contribution in [0.3, 0.4) is 0 Å². The number of nitrogens with zero attached hydrogens (tertiary/aromatic N) is 1. The van der Waals surface area contributed by atoms with Crippen LogP contribution in [0.2, 0.25) is 0 Å². The molecule has 0 spiro atoms. The summed E-state index contributed by atoms with van der Waals surface area (Å²) in [5.74, 6) is -1.93. The van der Waals surface area contributed by atoms with Crippen molar-refractivity contribution in [2.45, 2.75) is 25.8 Å². The molecule has 10 nitrogen and oxygen atoms in total. The van der Waals surface area contributed by atoms with E-state index >= 15 is 0 Å². The number of carbonyl (C=O) groups excluding carboxylic acids is 3. The number of hydrogen-bond acceptors (Lipinski definition) is 6. The zero-order valence-electron chi connectivity index (χ0n) is 14.2. The van der Waals surface area contributed by atoms with E-state index < -0.39 is 30.4 Å². The van der Waals surface area contributed by atoms with Gasteiger partial charge in [-0.05, 0) is 19.4 Å². The third-order valence-corrected chi connectivity index (χ3v) is 3.83. The number of ether oxygens (including phenoxy) is 1. The first-order valence-electron chi connectivity index (χ1n) is 7.83. The molecule has 3 rings (SSSR count). The van der Waals surface area contributed by atoms with Crippen LogP contribution in [0.5, 0.6) is 5.75 Å². The summed E-state index contributed by atoms with van der Waals surface area (Å²) in [6.07, 6.45) is 0.337. The van der Waals surface area contributed by atoms with Crippen molar-refractivity contribution in [3.8, 4) is 5.75 Å². The van der Waals surface area contributed by atoms with Crippen molar-refractivity contribution < 1.29 is 29.0 Å². The van der Waals surface area contributed by atoms with Crippen molar-refractivity contribution in [1.29, 1.82) is 0 Å². The van der Waals surface area contributed by atoms with Crippen molar-refractivity contribution in [2.75, 3.05) is 6.61 Å². The Morgan fingerprint density at radius 2 is 2.11 bits per heavy atom. The van der Waals surface area contributed by atoms with Crippen LogP contribution in [-0.4, -0.2) is 51.4 Å². The van der Waals surface area contributed by atoms with Gasteiger partial charge < -0.3 is 20.1 Å². The number of H-pyrrole nitrogens is 1. The highest BCUT2D eigenvalue weighted by Crippen LogP contribution is 2.24. The first kappa shape index (κ1) is 20.2. The largest absolute Gasteiger partial charge is 0.482 e. The summed E-state index contributed by atoms with van der Waals surface area (Å²) in [5.41, 5.74) is 1.01. The number of aryl methyl sites for hydroxylation is 1. The minimum Gasteiger partial charge on any atom is -0.482 e. The van der Waals surface area contributed by atoms with Crippen LogP contribution in [0.25, 0.3) is 11.0 Å². The standard InChI is InChI=1S/C16H16N4O6.ClH/c1-7-17-11-5-8(26-6-13(22)23)4-9(14(11)18-7)15(24)19-10-2-3-12(21)20-16(10)25;/h4-5,10H,2-3,6H2,1H3,(H,17,18)(H,19,24)(H,22,23)(H,20,21,25);1H. The number of piperidine rings is 1. The molecule has 1 aliphatic heterocycles. The Hall–Kier alpha value is -3.14. The van der Waals surface area contributed by atoms with E-state index in [1.807, 2.05) is 0 Å². The molecule has 144 valence electrons. The van der Waals surface area contributed by atoms with E-state index in [2.05, 4.69) is 20.6 Å². The Morgan fingerprint density at radius 3 is 2.78 bits per heavy atom. The fraction of sp³-hybridized carbons (Fsp3) is 0.312. The number of aromatic nitrogens is 2. The molecular weight excluding hydrogens is 380 g/mol. The Balaban J connectivity index is 0.00000261. The van der Waals surface area contributed by atoms with Crippen LogP contribution in [0.15, 0.2) is 12.1 Å². The monoisotopic (exact) mass is 396 g/mol. The number of amides is 3. The number of imidazole rings is 1. The lowest BCUT2D eigenvalue weighted by atomic mass is 10.0. The molecule has 2 aromatic rings. The molecule has 0 bridgehead atoms. The molecule has 3 amide bonds. The Kier molecular flexibility index (Phi) is 6.01. The van der Waals surface area contributed by atoms with E-state index in [4.69, 9.17) is 9.84 Å². The second-order valence-corrected chi connectivity index (χ2v) is 5.85. The first-order valence-corrected chi connectivity index (χ1v) is 7.83. The zero-order valence-corrected chi connectivity index (χ0v) is 15.0. The van der Waals surface area contributed by atoms with Crippen molar-refractivity contribution >= 4 is 47.1 Å². The van der Waals surface area contributed by atoms with Gasteiger partial charge in [0, 0.05) is 12.5 Å². The van der Waals surface area contributed by atoms with E-state index in [9.17, 15) is 19.2 Å². The van der Waals surface area contributed by atoms with E-state index in [1.165, 1.54) is 6.07 Å². The molecule has 0 radical (unpaired) electrons. The minimum absolute atomic E-state index is 0. The number of fused-ring (bicyclic) bond motifs is 1. The maximum atomic E-state index is 12.7. The number of carboxylic acids is 1. The molecular formula is C16H17ClN4O6. The number of benzene rings is 1. The number of nitrogens with one attached hydrogen (secondary N) is 3. The van der Waals surface area contributed by atoms with Crippen molar-refractivity contribution in [2.24, 2.45) is 0 Å².